The van der Waals surface area contributed by atoms with Crippen molar-refractivity contribution in [3.05, 3.63) is 53.3 Å². The summed E-state index contributed by atoms with van der Waals surface area (Å²) in [6, 6.07) is 3.41. The predicted molar refractivity (Wildman–Crippen MR) is 89.5 cm³/mol. The summed E-state index contributed by atoms with van der Waals surface area (Å²) in [4.78, 5) is 31.1. The SMILES string of the molecule is CCOC(=O)c1cn(CCNC(=O)C=Cc2ccnc(Cl)c2)cn1. The molecule has 126 valence electrons. The number of nitrogens with zero attached hydrogens (tertiary/aromatic N) is 3. The third-order valence-corrected chi connectivity index (χ3v) is 3.17. The largest absolute Gasteiger partial charge is 0.461 e. The highest BCUT2D eigenvalue weighted by Crippen LogP contribution is 2.08. The van der Waals surface area contributed by atoms with Gasteiger partial charge in [-0.25, -0.2) is 14.8 Å². The molecule has 2 heterocycles. The molecule has 0 fully saturated rings. The summed E-state index contributed by atoms with van der Waals surface area (Å²) in [5.41, 5.74) is 1.04. The number of esters is 1. The number of carbonyl (C=O) groups is 2. The van der Waals surface area contributed by atoms with E-state index in [1.54, 1.807) is 42.1 Å². The fraction of sp³-hybridized carbons (Fsp3) is 0.250. The first-order chi connectivity index (χ1) is 11.6. The van der Waals surface area contributed by atoms with E-state index < -0.39 is 5.97 Å². The first-order valence-corrected chi connectivity index (χ1v) is 7.72. The highest BCUT2D eigenvalue weighted by atomic mass is 35.5. The van der Waals surface area contributed by atoms with Crippen LogP contribution < -0.4 is 5.32 Å². The molecule has 0 saturated carbocycles. The summed E-state index contributed by atoms with van der Waals surface area (Å²) in [6.45, 7) is 2.93. The van der Waals surface area contributed by atoms with Crippen molar-refractivity contribution in [1.82, 2.24) is 19.9 Å². The van der Waals surface area contributed by atoms with Gasteiger partial charge in [0.2, 0.25) is 5.91 Å². The maximum Gasteiger partial charge on any atom is 0.358 e. The van der Waals surface area contributed by atoms with E-state index in [4.69, 9.17) is 16.3 Å². The van der Waals surface area contributed by atoms with Gasteiger partial charge in [-0.05, 0) is 30.7 Å². The van der Waals surface area contributed by atoms with Gasteiger partial charge >= 0.3 is 5.97 Å². The number of hydrogen-bond acceptors (Lipinski definition) is 5. The van der Waals surface area contributed by atoms with Crippen LogP contribution in [0, 0.1) is 0 Å². The number of amides is 1. The number of carbonyl (C=O) groups excluding carboxylic acids is 2. The molecule has 0 atom stereocenters. The Hall–Kier alpha value is -2.67. The van der Waals surface area contributed by atoms with Gasteiger partial charge in [-0.15, -0.1) is 0 Å². The molecular weight excluding hydrogens is 332 g/mol. The Balaban J connectivity index is 1.77. The van der Waals surface area contributed by atoms with E-state index in [0.29, 0.717) is 24.8 Å². The van der Waals surface area contributed by atoms with Gasteiger partial charge in [0, 0.05) is 31.6 Å². The van der Waals surface area contributed by atoms with Gasteiger partial charge in [0.15, 0.2) is 5.69 Å². The third kappa shape index (κ3) is 5.51. The van der Waals surface area contributed by atoms with E-state index in [9.17, 15) is 9.59 Å². The van der Waals surface area contributed by atoms with Crippen molar-refractivity contribution in [3.63, 3.8) is 0 Å². The lowest BCUT2D eigenvalue weighted by Gasteiger charge is -2.03. The smallest absolute Gasteiger partial charge is 0.358 e. The van der Waals surface area contributed by atoms with E-state index in [0.717, 1.165) is 5.56 Å². The second kappa shape index (κ2) is 8.83. The van der Waals surface area contributed by atoms with Crippen LogP contribution in [0.5, 0.6) is 0 Å². The number of rotatable bonds is 7. The van der Waals surface area contributed by atoms with E-state index in [-0.39, 0.29) is 11.6 Å². The molecule has 8 heteroatoms. The highest BCUT2D eigenvalue weighted by Gasteiger charge is 2.09. The zero-order chi connectivity index (χ0) is 17.4. The standard InChI is InChI=1S/C16H17ClN4O3/c1-2-24-16(23)13-10-21(11-20-13)8-7-19-15(22)4-3-12-5-6-18-14(17)9-12/h3-6,9-11H,2,7-8H2,1H3,(H,19,22). The van der Waals surface area contributed by atoms with Crippen molar-refractivity contribution in [2.45, 2.75) is 13.5 Å². The van der Waals surface area contributed by atoms with Gasteiger partial charge in [-0.3, -0.25) is 4.79 Å². The van der Waals surface area contributed by atoms with Crippen LogP contribution in [0.1, 0.15) is 23.0 Å². The molecule has 0 radical (unpaired) electrons. The van der Waals surface area contributed by atoms with Crippen LogP contribution in [0.4, 0.5) is 0 Å². The molecule has 2 aromatic rings. The van der Waals surface area contributed by atoms with Crippen molar-refractivity contribution >= 4 is 29.6 Å². The van der Waals surface area contributed by atoms with Crippen LogP contribution in [-0.2, 0) is 16.1 Å². The van der Waals surface area contributed by atoms with Crippen LogP contribution in [0.15, 0.2) is 36.9 Å². The predicted octanol–water partition coefficient (Wildman–Crippen LogP) is 1.94. The fourth-order valence-electron chi connectivity index (χ4n) is 1.85. The molecule has 0 aromatic carbocycles. The average molecular weight is 349 g/mol. The maximum atomic E-state index is 11.7. The van der Waals surface area contributed by atoms with Gasteiger partial charge in [0.1, 0.15) is 5.15 Å². The monoisotopic (exact) mass is 348 g/mol. The molecule has 1 amide bonds. The van der Waals surface area contributed by atoms with E-state index in [1.807, 2.05) is 0 Å². The number of pyridine rings is 1. The third-order valence-electron chi connectivity index (χ3n) is 2.96. The minimum absolute atomic E-state index is 0.228. The van der Waals surface area contributed by atoms with Crippen LogP contribution in [-0.4, -0.2) is 39.6 Å². The summed E-state index contributed by atoms with van der Waals surface area (Å²) >= 11 is 5.77. The van der Waals surface area contributed by atoms with E-state index in [2.05, 4.69) is 15.3 Å². The van der Waals surface area contributed by atoms with E-state index >= 15 is 0 Å². The minimum Gasteiger partial charge on any atom is -0.461 e. The zero-order valence-corrected chi connectivity index (χ0v) is 13.9. The number of ether oxygens (including phenoxy) is 1. The van der Waals surface area contributed by atoms with Crippen molar-refractivity contribution in [2.75, 3.05) is 13.2 Å². The molecular formula is C16H17ClN4O3. The number of halogens is 1. The molecule has 1 N–H and O–H groups in total. The van der Waals surface area contributed by atoms with Crippen molar-refractivity contribution in [3.8, 4) is 0 Å². The lowest BCUT2D eigenvalue weighted by molar-refractivity contribution is -0.116. The second-order valence-electron chi connectivity index (χ2n) is 4.75. The first kappa shape index (κ1) is 17.7. The number of imidazole rings is 1. The normalized spacial score (nSPS) is 10.8. The molecule has 0 aliphatic rings. The van der Waals surface area contributed by atoms with Crippen LogP contribution in [0.2, 0.25) is 5.15 Å². The lowest BCUT2D eigenvalue weighted by Crippen LogP contribution is -2.25. The summed E-state index contributed by atoms with van der Waals surface area (Å²) in [5.74, 6) is -0.687. The average Bonchev–Trinajstić information content (AvgIpc) is 3.02. The minimum atomic E-state index is -0.459. The molecule has 0 aliphatic heterocycles. The van der Waals surface area contributed by atoms with Gasteiger partial charge in [0.05, 0.1) is 12.9 Å². The highest BCUT2D eigenvalue weighted by molar-refractivity contribution is 6.29. The summed E-state index contributed by atoms with van der Waals surface area (Å²) < 4.78 is 6.57. The van der Waals surface area contributed by atoms with Gasteiger partial charge in [-0.1, -0.05) is 11.6 Å². The Morgan fingerprint density at radius 3 is 3.00 bits per heavy atom. The second-order valence-corrected chi connectivity index (χ2v) is 5.14. The molecule has 0 aliphatic carbocycles. The molecule has 7 nitrogen and oxygen atoms in total. The topological polar surface area (TPSA) is 86.1 Å². The molecule has 24 heavy (non-hydrogen) atoms. The Morgan fingerprint density at radius 1 is 1.42 bits per heavy atom. The Morgan fingerprint density at radius 2 is 2.25 bits per heavy atom. The van der Waals surface area contributed by atoms with Crippen LogP contribution in [0.25, 0.3) is 6.08 Å². The zero-order valence-electron chi connectivity index (χ0n) is 13.1. The molecule has 2 rings (SSSR count). The number of nitrogens with one attached hydrogen (secondary N) is 1. The number of hydrogen-bond donors (Lipinski definition) is 1. The van der Waals surface area contributed by atoms with E-state index in [1.165, 1.54) is 12.4 Å². The van der Waals surface area contributed by atoms with Crippen molar-refractivity contribution in [2.24, 2.45) is 0 Å². The van der Waals surface area contributed by atoms with Gasteiger partial charge in [-0.2, -0.15) is 0 Å². The molecule has 0 spiro atoms. The van der Waals surface area contributed by atoms with Crippen molar-refractivity contribution < 1.29 is 14.3 Å². The Labute approximate surface area is 144 Å². The first-order valence-electron chi connectivity index (χ1n) is 7.35. The molecule has 0 saturated heterocycles. The number of aromatic nitrogens is 3. The van der Waals surface area contributed by atoms with Crippen LogP contribution >= 0.6 is 11.6 Å². The Kier molecular flexibility index (Phi) is 6.51. The summed E-state index contributed by atoms with van der Waals surface area (Å²) in [5, 5.41) is 3.11. The van der Waals surface area contributed by atoms with Crippen LogP contribution in [0.3, 0.4) is 0 Å². The summed E-state index contributed by atoms with van der Waals surface area (Å²) in [6.07, 6.45) is 7.74. The van der Waals surface area contributed by atoms with Gasteiger partial charge in [0.25, 0.3) is 0 Å². The maximum absolute atomic E-state index is 11.7. The summed E-state index contributed by atoms with van der Waals surface area (Å²) in [7, 11) is 0. The quantitative estimate of drug-likeness (QED) is 0.469. The fourth-order valence-corrected chi connectivity index (χ4v) is 2.04. The lowest BCUT2D eigenvalue weighted by atomic mass is 10.2. The molecule has 2 aromatic heterocycles. The molecule has 0 bridgehead atoms. The molecule has 0 unspecified atom stereocenters. The Bertz CT molecular complexity index is 742. The van der Waals surface area contributed by atoms with Gasteiger partial charge < -0.3 is 14.6 Å². The van der Waals surface area contributed by atoms with Crippen molar-refractivity contribution in [1.29, 1.82) is 0 Å².